The van der Waals surface area contributed by atoms with Gasteiger partial charge in [-0.2, -0.15) is 0 Å². The number of aryl methyl sites for hydroxylation is 2. The van der Waals surface area contributed by atoms with E-state index in [0.29, 0.717) is 38.8 Å². The lowest BCUT2D eigenvalue weighted by Gasteiger charge is -2.34. The van der Waals surface area contributed by atoms with Crippen LogP contribution in [0.25, 0.3) is 0 Å². The molecule has 0 spiro atoms. The average Bonchev–Trinajstić information content (AvgIpc) is 2.71. The molecule has 1 aromatic heterocycles. The maximum absolute atomic E-state index is 10.9. The Hall–Kier alpha value is -1.40. The van der Waals surface area contributed by atoms with Crippen LogP contribution < -0.4 is 5.32 Å². The molecule has 1 heterocycles. The molecule has 20 heavy (non-hydrogen) atoms. The molecule has 1 fully saturated rings. The number of carbonyl (C=O) groups is 1. The minimum atomic E-state index is -0.801. The normalized spacial score (nSPS) is 26.6. The van der Waals surface area contributed by atoms with Crippen molar-refractivity contribution < 1.29 is 19.5 Å². The molecule has 6 nitrogen and oxygen atoms in total. The van der Waals surface area contributed by atoms with E-state index >= 15 is 0 Å². The van der Waals surface area contributed by atoms with Crippen LogP contribution in [-0.2, 0) is 11.3 Å². The summed E-state index contributed by atoms with van der Waals surface area (Å²) in [7, 11) is 0. The highest BCUT2D eigenvalue weighted by atomic mass is 16.5. The molecule has 0 atom stereocenters. The second-order valence-electron chi connectivity index (χ2n) is 5.74. The van der Waals surface area contributed by atoms with Crippen LogP contribution in [0.5, 0.6) is 0 Å². The van der Waals surface area contributed by atoms with Gasteiger partial charge in [0.05, 0.1) is 17.2 Å². The van der Waals surface area contributed by atoms with Gasteiger partial charge in [0.25, 0.3) is 0 Å². The molecule has 1 aliphatic rings. The Labute approximate surface area is 118 Å². The second-order valence-corrected chi connectivity index (χ2v) is 5.74. The van der Waals surface area contributed by atoms with Crippen LogP contribution >= 0.6 is 0 Å². The van der Waals surface area contributed by atoms with Gasteiger partial charge in [-0.1, -0.05) is 5.16 Å². The number of nitrogens with zero attached hydrogens (tertiary/aromatic N) is 1. The highest BCUT2D eigenvalue weighted by Crippen LogP contribution is 2.31. The lowest BCUT2D eigenvalue weighted by molar-refractivity contribution is -0.144. The molecular formula is C14H22N2O4. The Kier molecular flexibility index (Phi) is 4.45. The summed E-state index contributed by atoms with van der Waals surface area (Å²) in [5.41, 5.74) is 1.08. The molecule has 0 saturated heterocycles. The third kappa shape index (κ3) is 3.37. The van der Waals surface area contributed by atoms with Crippen LogP contribution in [0, 0.1) is 19.8 Å². The fraction of sp³-hybridized carbons (Fsp3) is 0.714. The Morgan fingerprint density at radius 3 is 2.60 bits per heavy atom. The Bertz CT molecular complexity index is 456. The summed E-state index contributed by atoms with van der Waals surface area (Å²) in [5, 5.41) is 26.5. The first-order chi connectivity index (χ1) is 9.41. The summed E-state index contributed by atoms with van der Waals surface area (Å²) >= 11 is 0. The predicted octanol–water partition coefficient (Wildman–Crippen LogP) is 1.39. The molecule has 0 unspecified atom stereocenters. The summed E-state index contributed by atoms with van der Waals surface area (Å²) < 4.78 is 5.09. The molecule has 1 aromatic rings. The zero-order chi connectivity index (χ0) is 14.8. The summed E-state index contributed by atoms with van der Waals surface area (Å²) in [4.78, 5) is 10.9. The van der Waals surface area contributed by atoms with E-state index in [1.54, 1.807) is 0 Å². The third-order valence-electron chi connectivity index (χ3n) is 4.20. The van der Waals surface area contributed by atoms with Crippen molar-refractivity contribution >= 4 is 5.97 Å². The average molecular weight is 282 g/mol. The zero-order valence-corrected chi connectivity index (χ0v) is 12.0. The van der Waals surface area contributed by atoms with Crippen molar-refractivity contribution in [3.63, 3.8) is 0 Å². The third-order valence-corrected chi connectivity index (χ3v) is 4.20. The predicted molar refractivity (Wildman–Crippen MR) is 72.2 cm³/mol. The van der Waals surface area contributed by atoms with E-state index in [0.717, 1.165) is 17.0 Å². The van der Waals surface area contributed by atoms with Crippen LogP contribution in [0.15, 0.2) is 4.52 Å². The number of hydrogen-bond donors (Lipinski definition) is 3. The van der Waals surface area contributed by atoms with Crippen LogP contribution in [0.4, 0.5) is 0 Å². The smallest absolute Gasteiger partial charge is 0.306 e. The summed E-state index contributed by atoms with van der Waals surface area (Å²) in [6.45, 7) is 4.82. The first-order valence-corrected chi connectivity index (χ1v) is 6.99. The molecule has 6 heteroatoms. The molecule has 0 amide bonds. The summed E-state index contributed by atoms with van der Waals surface area (Å²) in [5.74, 6) is -0.273. The molecule has 2 rings (SSSR count). The van der Waals surface area contributed by atoms with Crippen molar-refractivity contribution in [3.8, 4) is 0 Å². The maximum atomic E-state index is 10.9. The van der Waals surface area contributed by atoms with Crippen molar-refractivity contribution in [2.75, 3.05) is 6.54 Å². The van der Waals surface area contributed by atoms with Crippen LogP contribution in [-0.4, -0.2) is 33.5 Å². The van der Waals surface area contributed by atoms with E-state index < -0.39 is 11.6 Å². The maximum Gasteiger partial charge on any atom is 0.306 e. The van der Waals surface area contributed by atoms with Crippen molar-refractivity contribution in [1.29, 1.82) is 0 Å². The molecule has 0 bridgehead atoms. The number of carboxylic acid groups (broad SMARTS) is 1. The molecule has 1 aliphatic carbocycles. The SMILES string of the molecule is Cc1noc(C)c1CNCC1(O)CCC(C(=O)O)CC1. The van der Waals surface area contributed by atoms with Crippen LogP contribution in [0.3, 0.4) is 0 Å². The van der Waals surface area contributed by atoms with Gasteiger partial charge < -0.3 is 20.1 Å². The van der Waals surface area contributed by atoms with Gasteiger partial charge in [-0.25, -0.2) is 0 Å². The van der Waals surface area contributed by atoms with Gasteiger partial charge in [0, 0.05) is 18.7 Å². The number of aliphatic hydroxyl groups is 1. The monoisotopic (exact) mass is 282 g/mol. The molecule has 112 valence electrons. The van der Waals surface area contributed by atoms with Gasteiger partial charge >= 0.3 is 5.97 Å². The topological polar surface area (TPSA) is 95.6 Å². The molecule has 0 aliphatic heterocycles. The van der Waals surface area contributed by atoms with E-state index in [4.69, 9.17) is 9.63 Å². The lowest BCUT2D eigenvalue weighted by Crippen LogP contribution is -2.44. The lowest BCUT2D eigenvalue weighted by atomic mass is 9.79. The van der Waals surface area contributed by atoms with Crippen molar-refractivity contribution in [2.24, 2.45) is 5.92 Å². The second kappa shape index (κ2) is 5.93. The number of carboxylic acids is 1. The van der Waals surface area contributed by atoms with Gasteiger partial charge in [-0.05, 0) is 39.5 Å². The zero-order valence-electron chi connectivity index (χ0n) is 12.0. The number of aliphatic carboxylic acids is 1. The first-order valence-electron chi connectivity index (χ1n) is 6.99. The van der Waals surface area contributed by atoms with Crippen molar-refractivity contribution in [1.82, 2.24) is 10.5 Å². The molecule has 0 radical (unpaired) electrons. The standard InChI is InChI=1S/C14H22N2O4/c1-9-12(10(2)20-16-9)7-15-8-14(19)5-3-11(4-6-14)13(17)18/h11,15,19H,3-8H2,1-2H3,(H,17,18). The van der Waals surface area contributed by atoms with Crippen LogP contribution in [0.2, 0.25) is 0 Å². The van der Waals surface area contributed by atoms with Crippen LogP contribution in [0.1, 0.15) is 42.7 Å². The fourth-order valence-electron chi connectivity index (χ4n) is 2.75. The van der Waals surface area contributed by atoms with Crippen molar-refractivity contribution in [3.05, 3.63) is 17.0 Å². The molecule has 0 aromatic carbocycles. The van der Waals surface area contributed by atoms with E-state index in [2.05, 4.69) is 10.5 Å². The summed E-state index contributed by atoms with van der Waals surface area (Å²) in [6.07, 6.45) is 2.13. The number of aromatic nitrogens is 1. The number of nitrogens with one attached hydrogen (secondary N) is 1. The minimum absolute atomic E-state index is 0.308. The largest absolute Gasteiger partial charge is 0.481 e. The highest BCUT2D eigenvalue weighted by molar-refractivity contribution is 5.70. The molecule has 3 N–H and O–H groups in total. The Balaban J connectivity index is 1.81. The van der Waals surface area contributed by atoms with Gasteiger partial charge in [0.2, 0.25) is 0 Å². The quantitative estimate of drug-likeness (QED) is 0.755. The number of rotatable bonds is 5. The van der Waals surface area contributed by atoms with Gasteiger partial charge in [-0.15, -0.1) is 0 Å². The van der Waals surface area contributed by atoms with E-state index in [1.807, 2.05) is 13.8 Å². The van der Waals surface area contributed by atoms with Gasteiger partial charge in [-0.3, -0.25) is 4.79 Å². The van der Waals surface area contributed by atoms with E-state index in [9.17, 15) is 9.90 Å². The first kappa shape index (κ1) is 15.0. The Morgan fingerprint density at radius 1 is 1.45 bits per heavy atom. The minimum Gasteiger partial charge on any atom is -0.481 e. The number of hydrogen-bond acceptors (Lipinski definition) is 5. The van der Waals surface area contributed by atoms with Crippen molar-refractivity contribution in [2.45, 2.75) is 51.7 Å². The Morgan fingerprint density at radius 2 is 2.10 bits per heavy atom. The van der Waals surface area contributed by atoms with Gasteiger partial charge in [0.15, 0.2) is 0 Å². The summed E-state index contributed by atoms with van der Waals surface area (Å²) in [6, 6.07) is 0. The van der Waals surface area contributed by atoms with Gasteiger partial charge in [0.1, 0.15) is 5.76 Å². The molecule has 1 saturated carbocycles. The highest BCUT2D eigenvalue weighted by Gasteiger charge is 2.35. The molecular weight excluding hydrogens is 260 g/mol. The fourth-order valence-corrected chi connectivity index (χ4v) is 2.75. The van der Waals surface area contributed by atoms with E-state index in [-0.39, 0.29) is 5.92 Å². The van der Waals surface area contributed by atoms with E-state index in [1.165, 1.54) is 0 Å².